The molecule has 0 spiro atoms. The molecule has 1 unspecified atom stereocenters. The summed E-state index contributed by atoms with van der Waals surface area (Å²) in [5.74, 6) is -0.304. The summed E-state index contributed by atoms with van der Waals surface area (Å²) < 4.78 is 23.8. The van der Waals surface area contributed by atoms with Crippen LogP contribution in [0.3, 0.4) is 0 Å². The van der Waals surface area contributed by atoms with Crippen LogP contribution >= 0.6 is 0 Å². The second kappa shape index (κ2) is 9.56. The Morgan fingerprint density at radius 3 is 2.67 bits per heavy atom. The van der Waals surface area contributed by atoms with Gasteiger partial charge in [-0.1, -0.05) is 18.2 Å². The second-order valence-corrected chi connectivity index (χ2v) is 5.75. The fraction of sp³-hybridized carbons (Fsp3) is 0.588. The van der Waals surface area contributed by atoms with E-state index in [2.05, 4.69) is 4.90 Å². The predicted octanol–water partition coefficient (Wildman–Crippen LogP) is 1.48. The monoisotopic (exact) mass is 340 g/mol. The first kappa shape index (κ1) is 18.6. The van der Waals surface area contributed by atoms with Gasteiger partial charge in [0.1, 0.15) is 5.82 Å². The summed E-state index contributed by atoms with van der Waals surface area (Å²) in [7, 11) is 0. The number of aliphatic hydroxyl groups excluding tert-OH is 1. The van der Waals surface area contributed by atoms with E-state index in [1.165, 1.54) is 6.07 Å². The minimum absolute atomic E-state index is 0.139. The summed E-state index contributed by atoms with van der Waals surface area (Å²) in [4.78, 5) is 15.4. The van der Waals surface area contributed by atoms with Crippen LogP contribution in [0.1, 0.15) is 12.5 Å². The molecule has 2 rings (SSSR count). The molecule has 1 N–H and O–H groups in total. The Balaban J connectivity index is 1.64. The Kier molecular flexibility index (Phi) is 7.42. The number of nitrogens with zero attached hydrogens (tertiary/aromatic N) is 2. The van der Waals surface area contributed by atoms with Gasteiger partial charge in [-0.3, -0.25) is 4.90 Å². The number of β-amino-alcohol motifs (C(OH)–C–C–N with tert-alkyl or cyclic N) is 1. The van der Waals surface area contributed by atoms with Crippen LogP contribution in [0.25, 0.3) is 0 Å². The molecular weight excluding hydrogens is 315 g/mol. The quantitative estimate of drug-likeness (QED) is 0.815. The first-order valence-corrected chi connectivity index (χ1v) is 8.23. The highest BCUT2D eigenvalue weighted by Crippen LogP contribution is 2.09. The first-order chi connectivity index (χ1) is 11.6. The van der Waals surface area contributed by atoms with Crippen LogP contribution in [0, 0.1) is 5.82 Å². The number of halogens is 1. The van der Waals surface area contributed by atoms with Gasteiger partial charge in [0, 0.05) is 38.3 Å². The van der Waals surface area contributed by atoms with Crippen LogP contribution in [0.15, 0.2) is 24.3 Å². The number of rotatable bonds is 7. The zero-order chi connectivity index (χ0) is 17.4. The lowest BCUT2D eigenvalue weighted by Gasteiger charge is -2.34. The molecule has 1 atom stereocenters. The van der Waals surface area contributed by atoms with E-state index in [9.17, 15) is 14.3 Å². The van der Waals surface area contributed by atoms with Gasteiger partial charge in [-0.15, -0.1) is 0 Å². The van der Waals surface area contributed by atoms with Crippen molar-refractivity contribution in [2.75, 3.05) is 45.9 Å². The third-order valence-corrected chi connectivity index (χ3v) is 3.89. The molecule has 134 valence electrons. The minimum atomic E-state index is -0.647. The maximum absolute atomic E-state index is 13.5. The molecule has 6 nitrogen and oxygen atoms in total. The summed E-state index contributed by atoms with van der Waals surface area (Å²) >= 11 is 0. The van der Waals surface area contributed by atoms with E-state index >= 15 is 0 Å². The van der Waals surface area contributed by atoms with Gasteiger partial charge in [0.15, 0.2) is 0 Å². The van der Waals surface area contributed by atoms with Crippen molar-refractivity contribution < 1.29 is 23.8 Å². The van der Waals surface area contributed by atoms with Crippen molar-refractivity contribution in [3.05, 3.63) is 35.6 Å². The lowest BCUT2D eigenvalue weighted by atomic mass is 10.2. The average molecular weight is 340 g/mol. The smallest absolute Gasteiger partial charge is 0.409 e. The topological polar surface area (TPSA) is 62.2 Å². The van der Waals surface area contributed by atoms with Crippen LogP contribution < -0.4 is 0 Å². The Morgan fingerprint density at radius 1 is 1.29 bits per heavy atom. The molecule has 0 bridgehead atoms. The van der Waals surface area contributed by atoms with Crippen molar-refractivity contribution in [2.24, 2.45) is 0 Å². The summed E-state index contributed by atoms with van der Waals surface area (Å²) in [6, 6.07) is 6.43. The lowest BCUT2D eigenvalue weighted by molar-refractivity contribution is 0.000577. The summed E-state index contributed by atoms with van der Waals surface area (Å²) in [6.07, 6.45) is -0.933. The standard InChI is InChI=1S/C17H25FN2O4/c1-2-24-17(22)20-9-7-19(8-10-20)11-15(21)13-23-12-14-5-3-4-6-16(14)18/h3-6,15,21H,2,7-13H2,1H3. The highest BCUT2D eigenvalue weighted by molar-refractivity contribution is 5.67. The Bertz CT molecular complexity index is 521. The van der Waals surface area contributed by atoms with Gasteiger partial charge in [0.25, 0.3) is 0 Å². The SMILES string of the molecule is CCOC(=O)N1CCN(CC(O)COCc2ccccc2F)CC1. The normalized spacial score (nSPS) is 16.9. The molecule has 1 fully saturated rings. The third-order valence-electron chi connectivity index (χ3n) is 3.89. The molecular formula is C17H25FN2O4. The van der Waals surface area contributed by atoms with Crippen LogP contribution in [-0.4, -0.2) is 73.0 Å². The van der Waals surface area contributed by atoms with Crippen molar-refractivity contribution >= 4 is 6.09 Å². The number of amides is 1. The van der Waals surface area contributed by atoms with Gasteiger partial charge >= 0.3 is 6.09 Å². The molecule has 7 heteroatoms. The molecule has 0 aromatic heterocycles. The largest absolute Gasteiger partial charge is 0.450 e. The van der Waals surface area contributed by atoms with E-state index in [0.717, 1.165) is 0 Å². The molecule has 0 radical (unpaired) electrons. The summed E-state index contributed by atoms with van der Waals surface area (Å²) in [6.45, 7) is 5.44. The average Bonchev–Trinajstić information content (AvgIpc) is 2.57. The third kappa shape index (κ3) is 5.74. The summed E-state index contributed by atoms with van der Waals surface area (Å²) in [5.41, 5.74) is 0.479. The number of piperazine rings is 1. The molecule has 1 aliphatic rings. The highest BCUT2D eigenvalue weighted by Gasteiger charge is 2.23. The number of benzene rings is 1. The number of carbonyl (C=O) groups excluding carboxylic acids is 1. The number of aliphatic hydroxyl groups is 1. The fourth-order valence-corrected chi connectivity index (χ4v) is 2.60. The molecule has 1 amide bonds. The van der Waals surface area contributed by atoms with E-state index in [1.54, 1.807) is 30.0 Å². The van der Waals surface area contributed by atoms with Crippen molar-refractivity contribution in [2.45, 2.75) is 19.6 Å². The van der Waals surface area contributed by atoms with Crippen LogP contribution in [0.4, 0.5) is 9.18 Å². The van der Waals surface area contributed by atoms with E-state index in [1.807, 2.05) is 0 Å². The molecule has 0 saturated carbocycles. The molecule has 24 heavy (non-hydrogen) atoms. The van der Waals surface area contributed by atoms with E-state index in [4.69, 9.17) is 9.47 Å². The van der Waals surface area contributed by atoms with Crippen LogP contribution in [-0.2, 0) is 16.1 Å². The van der Waals surface area contributed by atoms with Gasteiger partial charge in [-0.05, 0) is 13.0 Å². The van der Waals surface area contributed by atoms with Crippen molar-refractivity contribution in [1.82, 2.24) is 9.80 Å². The predicted molar refractivity (Wildman–Crippen MR) is 87.1 cm³/mol. The number of hydrogen-bond acceptors (Lipinski definition) is 5. The Hall–Kier alpha value is -1.70. The van der Waals surface area contributed by atoms with Crippen molar-refractivity contribution in [3.8, 4) is 0 Å². The Labute approximate surface area is 141 Å². The van der Waals surface area contributed by atoms with Gasteiger partial charge < -0.3 is 19.5 Å². The van der Waals surface area contributed by atoms with Crippen molar-refractivity contribution in [1.29, 1.82) is 0 Å². The maximum Gasteiger partial charge on any atom is 0.409 e. The molecule has 1 heterocycles. The Morgan fingerprint density at radius 2 is 2.00 bits per heavy atom. The van der Waals surface area contributed by atoms with Crippen LogP contribution in [0.2, 0.25) is 0 Å². The zero-order valence-corrected chi connectivity index (χ0v) is 14.0. The van der Waals surface area contributed by atoms with Gasteiger partial charge in [-0.25, -0.2) is 9.18 Å². The molecule has 1 aliphatic heterocycles. The van der Waals surface area contributed by atoms with E-state index in [-0.39, 0.29) is 25.1 Å². The number of hydrogen-bond donors (Lipinski definition) is 1. The molecule has 1 saturated heterocycles. The molecule has 1 aromatic rings. The zero-order valence-electron chi connectivity index (χ0n) is 14.0. The fourth-order valence-electron chi connectivity index (χ4n) is 2.60. The van der Waals surface area contributed by atoms with Gasteiger partial charge in [0.2, 0.25) is 0 Å². The number of carbonyl (C=O) groups is 1. The first-order valence-electron chi connectivity index (χ1n) is 8.23. The maximum atomic E-state index is 13.5. The van der Waals surface area contributed by atoms with E-state index in [0.29, 0.717) is 44.9 Å². The van der Waals surface area contributed by atoms with Gasteiger partial charge in [0.05, 0.1) is 25.9 Å². The van der Waals surface area contributed by atoms with Crippen LogP contribution in [0.5, 0.6) is 0 Å². The highest BCUT2D eigenvalue weighted by atomic mass is 19.1. The van der Waals surface area contributed by atoms with Gasteiger partial charge in [-0.2, -0.15) is 0 Å². The molecule has 0 aliphatic carbocycles. The number of ether oxygens (including phenoxy) is 2. The summed E-state index contributed by atoms with van der Waals surface area (Å²) in [5, 5.41) is 10.0. The molecule has 1 aromatic carbocycles. The second-order valence-electron chi connectivity index (χ2n) is 5.75. The lowest BCUT2D eigenvalue weighted by Crippen LogP contribution is -2.50. The van der Waals surface area contributed by atoms with Crippen molar-refractivity contribution in [3.63, 3.8) is 0 Å². The van der Waals surface area contributed by atoms with E-state index < -0.39 is 6.10 Å². The minimum Gasteiger partial charge on any atom is -0.450 e.